The number of carbonyl (C=O) groups excluding carboxylic acids is 1. The van der Waals surface area contributed by atoms with Crippen LogP contribution in [0.3, 0.4) is 0 Å². The Morgan fingerprint density at radius 2 is 2.20 bits per heavy atom. The van der Waals surface area contributed by atoms with Crippen LogP contribution in [0.4, 0.5) is 11.4 Å². The molecule has 6 heteroatoms. The average Bonchev–Trinajstić information content (AvgIpc) is 2.83. The molecule has 0 radical (unpaired) electrons. The lowest BCUT2D eigenvalue weighted by molar-refractivity contribution is 0.0601. The molecule has 1 aromatic carbocycles. The summed E-state index contributed by atoms with van der Waals surface area (Å²) in [6.45, 7) is 0.719. The second kappa shape index (κ2) is 6.28. The van der Waals surface area contributed by atoms with Crippen molar-refractivity contribution in [3.63, 3.8) is 0 Å². The second-order valence-corrected chi connectivity index (χ2v) is 6.67. The number of carbonyl (C=O) groups is 1. The molecular weight excluding hydrogens is 340 g/mol. The van der Waals surface area contributed by atoms with Crippen LogP contribution in [-0.4, -0.2) is 20.1 Å². The first-order valence-electron chi connectivity index (χ1n) is 5.93. The summed E-state index contributed by atoms with van der Waals surface area (Å²) < 4.78 is 5.82. The average molecular weight is 355 g/mol. The number of nitrogens with two attached hydrogens (primary N) is 1. The Morgan fingerprint density at radius 3 is 2.80 bits per heavy atom. The zero-order chi connectivity index (χ0) is 14.7. The molecule has 0 aliphatic carbocycles. The highest BCUT2D eigenvalue weighted by Gasteiger charge is 2.12. The number of hydrogen-bond acceptors (Lipinski definition) is 5. The van der Waals surface area contributed by atoms with Crippen LogP contribution in [0.5, 0.6) is 0 Å². The molecule has 0 aliphatic heterocycles. The Labute approximate surface area is 130 Å². The van der Waals surface area contributed by atoms with Gasteiger partial charge in [0.2, 0.25) is 0 Å². The fourth-order valence-corrected chi connectivity index (χ4v) is 3.11. The Balaban J connectivity index is 2.24. The molecule has 0 aliphatic rings. The van der Waals surface area contributed by atoms with Gasteiger partial charge in [-0.1, -0.05) is 0 Å². The van der Waals surface area contributed by atoms with Crippen LogP contribution in [-0.2, 0) is 11.3 Å². The molecule has 0 unspecified atom stereocenters. The number of nitrogen functional groups attached to an aromatic ring is 1. The normalized spacial score (nSPS) is 10.3. The maximum Gasteiger partial charge on any atom is 0.337 e. The third-order valence-corrected chi connectivity index (χ3v) is 4.46. The van der Waals surface area contributed by atoms with Gasteiger partial charge in [0.1, 0.15) is 0 Å². The van der Waals surface area contributed by atoms with Crippen LogP contribution in [0.25, 0.3) is 0 Å². The van der Waals surface area contributed by atoms with Crippen molar-refractivity contribution in [3.8, 4) is 0 Å². The van der Waals surface area contributed by atoms with Crippen LogP contribution in [0.2, 0.25) is 0 Å². The minimum absolute atomic E-state index is 0.363. The summed E-state index contributed by atoms with van der Waals surface area (Å²) in [4.78, 5) is 13.6. The standard InChI is InChI=1S/C14H15BrN2O2S/c1-17(7-9-5-13(15)20-8-9)12-6-10(14(18)19-2)3-4-11(12)16/h3-6,8H,7,16H2,1-2H3. The molecule has 4 nitrogen and oxygen atoms in total. The fraction of sp³-hybridized carbons (Fsp3) is 0.214. The summed E-state index contributed by atoms with van der Waals surface area (Å²) in [5.74, 6) is -0.363. The quantitative estimate of drug-likeness (QED) is 0.674. The van der Waals surface area contributed by atoms with E-state index in [1.165, 1.54) is 12.7 Å². The van der Waals surface area contributed by atoms with Crippen LogP contribution in [0.1, 0.15) is 15.9 Å². The Bertz CT molecular complexity index is 627. The van der Waals surface area contributed by atoms with Gasteiger partial charge in [-0.25, -0.2) is 4.79 Å². The molecule has 0 spiro atoms. The maximum absolute atomic E-state index is 11.6. The largest absolute Gasteiger partial charge is 0.465 e. The molecule has 0 saturated carbocycles. The van der Waals surface area contributed by atoms with Gasteiger partial charge in [-0.05, 0) is 51.1 Å². The van der Waals surface area contributed by atoms with Gasteiger partial charge in [0, 0.05) is 13.6 Å². The summed E-state index contributed by atoms with van der Waals surface area (Å²) >= 11 is 5.09. The Hall–Kier alpha value is -1.53. The molecule has 0 bridgehead atoms. The van der Waals surface area contributed by atoms with E-state index in [9.17, 15) is 4.79 Å². The van der Waals surface area contributed by atoms with E-state index in [1.807, 2.05) is 11.9 Å². The summed E-state index contributed by atoms with van der Waals surface area (Å²) in [7, 11) is 3.31. The Kier molecular flexibility index (Phi) is 4.67. The lowest BCUT2D eigenvalue weighted by atomic mass is 10.1. The number of rotatable bonds is 4. The molecule has 1 heterocycles. The van der Waals surface area contributed by atoms with E-state index in [0.29, 0.717) is 11.3 Å². The van der Waals surface area contributed by atoms with Crippen molar-refractivity contribution in [2.45, 2.75) is 6.54 Å². The second-order valence-electron chi connectivity index (χ2n) is 4.38. The predicted molar refractivity (Wildman–Crippen MR) is 86.3 cm³/mol. The van der Waals surface area contributed by atoms with Gasteiger partial charge in [-0.15, -0.1) is 11.3 Å². The number of anilines is 2. The minimum Gasteiger partial charge on any atom is -0.465 e. The van der Waals surface area contributed by atoms with Crippen molar-refractivity contribution in [1.29, 1.82) is 0 Å². The lowest BCUT2D eigenvalue weighted by Gasteiger charge is -2.21. The van der Waals surface area contributed by atoms with Crippen molar-refractivity contribution in [2.75, 3.05) is 24.8 Å². The minimum atomic E-state index is -0.363. The van der Waals surface area contributed by atoms with Gasteiger partial charge in [-0.2, -0.15) is 0 Å². The molecule has 1 aromatic heterocycles. The van der Waals surface area contributed by atoms with Crippen molar-refractivity contribution in [2.24, 2.45) is 0 Å². The van der Waals surface area contributed by atoms with Crippen LogP contribution >= 0.6 is 27.3 Å². The van der Waals surface area contributed by atoms with Crippen molar-refractivity contribution < 1.29 is 9.53 Å². The predicted octanol–water partition coefficient (Wildman–Crippen LogP) is 3.52. The van der Waals surface area contributed by atoms with Gasteiger partial charge >= 0.3 is 5.97 Å². The number of halogens is 1. The summed E-state index contributed by atoms with van der Waals surface area (Å²) in [6, 6.07) is 7.21. The smallest absolute Gasteiger partial charge is 0.337 e. The van der Waals surface area contributed by atoms with E-state index in [-0.39, 0.29) is 5.97 Å². The number of nitrogens with zero attached hydrogens (tertiary/aromatic N) is 1. The van der Waals surface area contributed by atoms with E-state index >= 15 is 0 Å². The number of hydrogen-bond donors (Lipinski definition) is 1. The van der Waals surface area contributed by atoms with E-state index < -0.39 is 0 Å². The van der Waals surface area contributed by atoms with Crippen molar-refractivity contribution >= 4 is 44.6 Å². The SMILES string of the molecule is COC(=O)c1ccc(N)c(N(C)Cc2csc(Br)c2)c1. The summed E-state index contributed by atoms with van der Waals surface area (Å²) in [5.41, 5.74) is 9.12. The number of benzene rings is 1. The lowest BCUT2D eigenvalue weighted by Crippen LogP contribution is -2.18. The molecule has 0 fully saturated rings. The third-order valence-electron chi connectivity index (χ3n) is 2.90. The fourth-order valence-electron chi connectivity index (χ4n) is 1.91. The number of methoxy groups -OCH3 is 1. The molecule has 0 amide bonds. The van der Waals surface area contributed by atoms with E-state index in [0.717, 1.165) is 16.0 Å². The molecule has 2 rings (SSSR count). The zero-order valence-corrected chi connectivity index (χ0v) is 13.6. The number of thiophene rings is 1. The number of esters is 1. The maximum atomic E-state index is 11.6. The Morgan fingerprint density at radius 1 is 1.45 bits per heavy atom. The molecule has 2 N–H and O–H groups in total. The highest BCUT2D eigenvalue weighted by molar-refractivity contribution is 9.11. The first kappa shape index (κ1) is 14.9. The highest BCUT2D eigenvalue weighted by Crippen LogP contribution is 2.27. The van der Waals surface area contributed by atoms with Gasteiger partial charge in [0.25, 0.3) is 0 Å². The van der Waals surface area contributed by atoms with Crippen molar-refractivity contribution in [1.82, 2.24) is 0 Å². The highest BCUT2D eigenvalue weighted by atomic mass is 79.9. The molecule has 0 saturated heterocycles. The summed E-state index contributed by atoms with van der Waals surface area (Å²) in [5, 5.41) is 2.08. The van der Waals surface area contributed by atoms with E-state index in [4.69, 9.17) is 10.5 Å². The van der Waals surface area contributed by atoms with Crippen molar-refractivity contribution in [3.05, 3.63) is 44.6 Å². The van der Waals surface area contributed by atoms with Crippen LogP contribution < -0.4 is 10.6 Å². The number of ether oxygens (including phenoxy) is 1. The molecule has 106 valence electrons. The van der Waals surface area contributed by atoms with Gasteiger partial charge < -0.3 is 15.4 Å². The first-order valence-corrected chi connectivity index (χ1v) is 7.60. The molecule has 20 heavy (non-hydrogen) atoms. The topological polar surface area (TPSA) is 55.6 Å². The monoisotopic (exact) mass is 354 g/mol. The molecular formula is C14H15BrN2O2S. The molecule has 0 atom stereocenters. The third kappa shape index (κ3) is 3.32. The van der Waals surface area contributed by atoms with Crippen LogP contribution in [0.15, 0.2) is 33.4 Å². The van der Waals surface area contributed by atoms with Crippen LogP contribution in [0, 0.1) is 0 Å². The summed E-state index contributed by atoms with van der Waals surface area (Å²) in [6.07, 6.45) is 0. The van der Waals surface area contributed by atoms with E-state index in [1.54, 1.807) is 29.5 Å². The van der Waals surface area contributed by atoms with E-state index in [2.05, 4.69) is 27.4 Å². The molecule has 2 aromatic rings. The van der Waals surface area contributed by atoms with Gasteiger partial charge in [-0.3, -0.25) is 0 Å². The zero-order valence-electron chi connectivity index (χ0n) is 11.2. The first-order chi connectivity index (χ1) is 9.51. The van der Waals surface area contributed by atoms with Gasteiger partial charge in [0.05, 0.1) is 27.8 Å². The van der Waals surface area contributed by atoms with Gasteiger partial charge in [0.15, 0.2) is 0 Å².